The number of carbonyl (C=O) groups is 3. The zero-order valence-corrected chi connectivity index (χ0v) is 22.6. The third-order valence-corrected chi connectivity index (χ3v) is 6.64. The summed E-state index contributed by atoms with van der Waals surface area (Å²) in [4.78, 5) is 40.7. The highest BCUT2D eigenvalue weighted by atomic mass is 16.5. The Bertz CT molecular complexity index is 1440. The molecule has 3 aromatic carbocycles. The van der Waals surface area contributed by atoms with Crippen molar-refractivity contribution in [1.29, 1.82) is 0 Å². The van der Waals surface area contributed by atoms with E-state index in [1.807, 2.05) is 13.8 Å². The Kier molecular flexibility index (Phi) is 8.04. The molecule has 202 valence electrons. The third-order valence-electron chi connectivity index (χ3n) is 6.64. The predicted molar refractivity (Wildman–Crippen MR) is 147 cm³/mol. The van der Waals surface area contributed by atoms with Crippen molar-refractivity contribution in [2.75, 3.05) is 25.7 Å². The zero-order valence-electron chi connectivity index (χ0n) is 22.6. The molecule has 0 bridgehead atoms. The molecule has 1 fully saturated rings. The number of aliphatic hydroxyl groups excluding tert-OH is 1. The van der Waals surface area contributed by atoms with E-state index >= 15 is 0 Å². The monoisotopic (exact) mass is 529 g/mol. The Morgan fingerprint density at radius 1 is 0.949 bits per heavy atom. The molecule has 8 heteroatoms. The van der Waals surface area contributed by atoms with Gasteiger partial charge in [-0.15, -0.1) is 0 Å². The van der Waals surface area contributed by atoms with Crippen LogP contribution in [0.1, 0.15) is 59.8 Å². The number of ketones is 1. The van der Waals surface area contributed by atoms with Crippen molar-refractivity contribution in [2.24, 2.45) is 0 Å². The number of anilines is 1. The van der Waals surface area contributed by atoms with Crippen LogP contribution in [-0.2, 0) is 14.3 Å². The molecule has 3 aromatic rings. The molecule has 8 nitrogen and oxygen atoms in total. The Morgan fingerprint density at radius 3 is 2.28 bits per heavy atom. The molecule has 4 rings (SSSR count). The van der Waals surface area contributed by atoms with Gasteiger partial charge in [0.1, 0.15) is 17.3 Å². The van der Waals surface area contributed by atoms with Gasteiger partial charge in [0.15, 0.2) is 0 Å². The average molecular weight is 530 g/mol. The van der Waals surface area contributed by atoms with Crippen molar-refractivity contribution in [3.8, 4) is 11.5 Å². The van der Waals surface area contributed by atoms with Crippen LogP contribution in [0.2, 0.25) is 0 Å². The van der Waals surface area contributed by atoms with Crippen LogP contribution in [0.4, 0.5) is 5.69 Å². The minimum absolute atomic E-state index is 0.0634. The predicted octanol–water partition coefficient (Wildman–Crippen LogP) is 5.63. The second kappa shape index (κ2) is 11.4. The third kappa shape index (κ3) is 5.23. The number of esters is 1. The smallest absolute Gasteiger partial charge is 0.338 e. The molecule has 1 heterocycles. The number of aliphatic hydroxyl groups is 1. The first-order valence-corrected chi connectivity index (χ1v) is 12.6. The van der Waals surface area contributed by atoms with Crippen LogP contribution in [0.25, 0.3) is 5.76 Å². The summed E-state index contributed by atoms with van der Waals surface area (Å²) >= 11 is 0. The van der Waals surface area contributed by atoms with E-state index in [2.05, 4.69) is 0 Å². The molecule has 1 unspecified atom stereocenters. The number of hydrogen-bond acceptors (Lipinski definition) is 7. The van der Waals surface area contributed by atoms with Crippen LogP contribution in [0.15, 0.2) is 72.3 Å². The number of ether oxygens (including phenoxy) is 3. The SMILES string of the molecule is CCOC(=O)c1cccc(N2C(=O)C(=O)/C(=C(\O)c3ccc(OC)c(C(C)C)c3)C2c2ccc(OC)cc2)c1. The van der Waals surface area contributed by atoms with Crippen molar-refractivity contribution in [2.45, 2.75) is 32.7 Å². The number of methoxy groups -OCH3 is 2. The van der Waals surface area contributed by atoms with E-state index in [9.17, 15) is 19.5 Å². The van der Waals surface area contributed by atoms with Crippen molar-refractivity contribution >= 4 is 29.1 Å². The second-order valence-corrected chi connectivity index (χ2v) is 9.32. The summed E-state index contributed by atoms with van der Waals surface area (Å²) in [5, 5.41) is 11.5. The van der Waals surface area contributed by atoms with Gasteiger partial charge in [-0.25, -0.2) is 4.79 Å². The first-order chi connectivity index (χ1) is 18.7. The first kappa shape index (κ1) is 27.4. The van der Waals surface area contributed by atoms with Crippen LogP contribution < -0.4 is 14.4 Å². The minimum atomic E-state index is -0.960. The van der Waals surface area contributed by atoms with Crippen molar-refractivity contribution < 1.29 is 33.7 Å². The van der Waals surface area contributed by atoms with Gasteiger partial charge in [-0.1, -0.05) is 32.0 Å². The number of Topliss-reactive ketones (excluding diaryl/α,β-unsaturated/α-hetero) is 1. The lowest BCUT2D eigenvalue weighted by Crippen LogP contribution is -2.29. The van der Waals surface area contributed by atoms with Gasteiger partial charge < -0.3 is 19.3 Å². The summed E-state index contributed by atoms with van der Waals surface area (Å²) in [5.74, 6) is -1.17. The summed E-state index contributed by atoms with van der Waals surface area (Å²) < 4.78 is 15.9. The van der Waals surface area contributed by atoms with Crippen molar-refractivity contribution in [3.63, 3.8) is 0 Å². The molecule has 39 heavy (non-hydrogen) atoms. The Hall–Kier alpha value is -4.59. The Labute approximate surface area is 227 Å². The van der Waals surface area contributed by atoms with Gasteiger partial charge >= 0.3 is 5.97 Å². The van der Waals surface area contributed by atoms with Crippen molar-refractivity contribution in [1.82, 2.24) is 0 Å². The highest BCUT2D eigenvalue weighted by molar-refractivity contribution is 6.51. The molecule has 0 aliphatic carbocycles. The lowest BCUT2D eigenvalue weighted by atomic mass is 9.93. The largest absolute Gasteiger partial charge is 0.507 e. The van der Waals surface area contributed by atoms with E-state index in [4.69, 9.17) is 14.2 Å². The summed E-state index contributed by atoms with van der Waals surface area (Å²) in [6.45, 7) is 5.89. The molecule has 1 aliphatic heterocycles. The molecule has 1 amide bonds. The number of benzene rings is 3. The van der Waals surface area contributed by atoms with Crippen LogP contribution in [-0.4, -0.2) is 43.6 Å². The Balaban J connectivity index is 1.92. The topological polar surface area (TPSA) is 102 Å². The average Bonchev–Trinajstić information content (AvgIpc) is 3.22. The maximum absolute atomic E-state index is 13.5. The van der Waals surface area contributed by atoms with Crippen LogP contribution in [0.5, 0.6) is 11.5 Å². The van der Waals surface area contributed by atoms with E-state index in [0.717, 1.165) is 5.56 Å². The molecular formula is C31H31NO7. The number of carbonyl (C=O) groups excluding carboxylic acids is 3. The molecule has 1 N–H and O–H groups in total. The lowest BCUT2D eigenvalue weighted by Gasteiger charge is -2.26. The van der Waals surface area contributed by atoms with Gasteiger partial charge in [0, 0.05) is 11.3 Å². The molecule has 0 spiro atoms. The molecule has 1 aliphatic rings. The first-order valence-electron chi connectivity index (χ1n) is 12.6. The fourth-order valence-corrected chi connectivity index (χ4v) is 4.69. The van der Waals surface area contributed by atoms with Crippen LogP contribution in [0.3, 0.4) is 0 Å². The van der Waals surface area contributed by atoms with E-state index in [-0.39, 0.29) is 29.4 Å². The lowest BCUT2D eigenvalue weighted by molar-refractivity contribution is -0.132. The molecule has 0 saturated carbocycles. The molecule has 1 atom stereocenters. The highest BCUT2D eigenvalue weighted by Gasteiger charge is 2.47. The maximum atomic E-state index is 13.5. The van der Waals surface area contributed by atoms with Gasteiger partial charge in [0.2, 0.25) is 0 Å². The normalized spacial score (nSPS) is 16.5. The maximum Gasteiger partial charge on any atom is 0.338 e. The van der Waals surface area contributed by atoms with Crippen LogP contribution >= 0.6 is 0 Å². The van der Waals surface area contributed by atoms with Gasteiger partial charge in [-0.05, 0) is 72.5 Å². The fourth-order valence-electron chi connectivity index (χ4n) is 4.69. The van der Waals surface area contributed by atoms with E-state index in [1.165, 1.54) is 18.1 Å². The Morgan fingerprint density at radius 2 is 1.67 bits per heavy atom. The second-order valence-electron chi connectivity index (χ2n) is 9.32. The number of hydrogen-bond donors (Lipinski definition) is 1. The van der Waals surface area contributed by atoms with Crippen LogP contribution in [0, 0.1) is 0 Å². The standard InChI is InChI=1S/C31H31NO7/c1-6-39-31(36)21-8-7-9-22(16-21)32-27(19-10-13-23(37-4)14-11-19)26(29(34)30(32)35)28(33)20-12-15-25(38-5)24(17-20)18(2)3/h7-18,27,33H,6H2,1-5H3/b28-26-. The molecular weight excluding hydrogens is 498 g/mol. The summed E-state index contributed by atoms with van der Waals surface area (Å²) in [7, 11) is 3.11. The summed E-state index contributed by atoms with van der Waals surface area (Å²) in [6.07, 6.45) is 0. The highest BCUT2D eigenvalue weighted by Crippen LogP contribution is 2.43. The van der Waals surface area contributed by atoms with E-state index < -0.39 is 23.7 Å². The summed E-state index contributed by atoms with van der Waals surface area (Å²) in [5.41, 5.74) is 2.30. The van der Waals surface area contributed by atoms with Gasteiger partial charge in [-0.2, -0.15) is 0 Å². The van der Waals surface area contributed by atoms with Gasteiger partial charge in [0.05, 0.1) is 38.0 Å². The van der Waals surface area contributed by atoms with E-state index in [1.54, 1.807) is 74.7 Å². The minimum Gasteiger partial charge on any atom is -0.507 e. The van der Waals surface area contributed by atoms with Gasteiger partial charge in [0.25, 0.3) is 11.7 Å². The summed E-state index contributed by atoms with van der Waals surface area (Å²) in [6, 6.07) is 17.4. The number of amides is 1. The molecule has 1 saturated heterocycles. The van der Waals surface area contributed by atoms with Gasteiger partial charge in [-0.3, -0.25) is 14.5 Å². The fraction of sp³-hybridized carbons (Fsp3) is 0.258. The quantitative estimate of drug-likeness (QED) is 0.175. The molecule has 0 radical (unpaired) electrons. The molecule has 0 aromatic heterocycles. The number of rotatable bonds is 8. The number of nitrogens with zero attached hydrogens (tertiary/aromatic N) is 1. The van der Waals surface area contributed by atoms with Crippen molar-refractivity contribution in [3.05, 3.63) is 94.6 Å². The van der Waals surface area contributed by atoms with E-state index in [0.29, 0.717) is 28.3 Å². The zero-order chi connectivity index (χ0) is 28.3.